The van der Waals surface area contributed by atoms with Crippen LogP contribution in [0.25, 0.3) is 0 Å². The molecule has 4 N–H and O–H groups in total. The fourth-order valence-corrected chi connectivity index (χ4v) is 4.93. The fraction of sp³-hybridized carbons (Fsp3) is 0.583. The Hall–Kier alpha value is -2.36. The van der Waals surface area contributed by atoms with Crippen LogP contribution in [0.5, 0.6) is 0 Å². The summed E-state index contributed by atoms with van der Waals surface area (Å²) >= 11 is 0. The van der Waals surface area contributed by atoms with Crippen molar-refractivity contribution in [1.82, 2.24) is 11.0 Å². The highest BCUT2D eigenvalue weighted by Gasteiger charge is 2.63. The zero-order valence-corrected chi connectivity index (χ0v) is 18.9. The number of alkyl halides is 2. The molecular formula is C24H32F2N4O3. The zero-order valence-electron chi connectivity index (χ0n) is 18.9. The van der Waals surface area contributed by atoms with Gasteiger partial charge in [0.15, 0.2) is 5.76 Å². The second-order valence-electron chi connectivity index (χ2n) is 9.25. The number of hydrazine groups is 1. The van der Waals surface area contributed by atoms with E-state index in [9.17, 15) is 10.2 Å². The molecule has 9 heteroatoms. The van der Waals surface area contributed by atoms with Gasteiger partial charge in [-0.25, -0.2) is 5.53 Å². The molecule has 4 rings (SSSR count). The Morgan fingerprint density at radius 2 is 2.18 bits per heavy atom. The van der Waals surface area contributed by atoms with E-state index in [0.29, 0.717) is 19.3 Å². The number of aryl methyl sites for hydroxylation is 1. The SMILES string of the molecule is Cc1cccc([C@@H](C)[C@H](O)/C=C/[C@@H]2[C@@H]3[C@H](C[C@H]2O)O/C(=C\CCCC2N=NNN2)C3(F)F)c1. The first kappa shape index (κ1) is 23.8. The molecule has 7 nitrogen and oxygen atoms in total. The molecule has 0 amide bonds. The van der Waals surface area contributed by atoms with Crippen LogP contribution >= 0.6 is 0 Å². The van der Waals surface area contributed by atoms with Crippen molar-refractivity contribution in [3.05, 3.63) is 59.4 Å². The summed E-state index contributed by atoms with van der Waals surface area (Å²) in [5, 5.41) is 28.6. The largest absolute Gasteiger partial charge is 0.488 e. The van der Waals surface area contributed by atoms with Crippen LogP contribution < -0.4 is 11.0 Å². The molecule has 1 aliphatic carbocycles. The number of ether oxygens (including phenoxy) is 1. The summed E-state index contributed by atoms with van der Waals surface area (Å²) < 4.78 is 36.1. The van der Waals surface area contributed by atoms with E-state index >= 15 is 8.78 Å². The first-order valence-electron chi connectivity index (χ1n) is 11.5. The Labute approximate surface area is 192 Å². The van der Waals surface area contributed by atoms with Gasteiger partial charge in [-0.15, -0.1) is 5.11 Å². The number of nitrogens with one attached hydrogen (secondary N) is 2. The smallest absolute Gasteiger partial charge is 0.310 e. The number of nitrogens with zero attached hydrogens (tertiary/aromatic N) is 2. The molecule has 2 heterocycles. The molecule has 1 unspecified atom stereocenters. The van der Waals surface area contributed by atoms with Crippen molar-refractivity contribution in [2.45, 2.75) is 75.8 Å². The Morgan fingerprint density at radius 1 is 1.36 bits per heavy atom. The van der Waals surface area contributed by atoms with Gasteiger partial charge in [0.1, 0.15) is 12.3 Å². The maximum Gasteiger partial charge on any atom is 0.310 e. The maximum atomic E-state index is 15.3. The minimum atomic E-state index is -3.17. The van der Waals surface area contributed by atoms with Crippen LogP contribution in [0.1, 0.15) is 49.7 Å². The number of halogens is 2. The second kappa shape index (κ2) is 9.87. The molecule has 180 valence electrons. The van der Waals surface area contributed by atoms with Crippen LogP contribution in [0.2, 0.25) is 0 Å². The molecule has 0 bridgehead atoms. The summed E-state index contributed by atoms with van der Waals surface area (Å²) in [6.07, 6.45) is 3.79. The lowest BCUT2D eigenvalue weighted by molar-refractivity contribution is -0.0273. The van der Waals surface area contributed by atoms with Crippen LogP contribution in [-0.2, 0) is 4.74 Å². The number of hydrogen-bond acceptors (Lipinski definition) is 7. The first-order chi connectivity index (χ1) is 15.8. The average molecular weight is 463 g/mol. The van der Waals surface area contributed by atoms with Crippen molar-refractivity contribution in [2.24, 2.45) is 22.2 Å². The standard InChI is InChI=1S/C24H32F2N4O3/c1-14-6-5-7-16(12-14)15(2)18(31)11-10-17-19(32)13-20-23(17)24(25,26)21(33-20)8-3-4-9-22-27-29-30-28-22/h5-8,10-12,15,17-20,22-23,31-32H,3-4,9,13H2,1-2H3,(H,27,30)(H,28,29)/b11-10+,21-8-/t15-,17+,18-,19-,20+,23-/m1/s1. The quantitative estimate of drug-likeness (QED) is 0.347. The summed E-state index contributed by atoms with van der Waals surface area (Å²) in [6.45, 7) is 3.87. The molecule has 0 aromatic heterocycles. The van der Waals surface area contributed by atoms with E-state index in [1.165, 1.54) is 12.2 Å². The van der Waals surface area contributed by atoms with Gasteiger partial charge in [0.25, 0.3) is 0 Å². The summed E-state index contributed by atoms with van der Waals surface area (Å²) in [5.41, 5.74) is 7.45. The van der Waals surface area contributed by atoms with Gasteiger partial charge in [-0.2, -0.15) is 14.2 Å². The van der Waals surface area contributed by atoms with Crippen LogP contribution in [0.3, 0.4) is 0 Å². The summed E-state index contributed by atoms with van der Waals surface area (Å²) in [7, 11) is 0. The third kappa shape index (κ3) is 5.10. The lowest BCUT2D eigenvalue weighted by Gasteiger charge is -2.23. The van der Waals surface area contributed by atoms with Gasteiger partial charge >= 0.3 is 5.92 Å². The van der Waals surface area contributed by atoms with E-state index in [0.717, 1.165) is 11.1 Å². The Bertz CT molecular complexity index is 923. The van der Waals surface area contributed by atoms with Crippen LogP contribution in [0.15, 0.2) is 58.6 Å². The summed E-state index contributed by atoms with van der Waals surface area (Å²) in [6, 6.07) is 7.85. The Morgan fingerprint density at radius 3 is 2.91 bits per heavy atom. The lowest BCUT2D eigenvalue weighted by atomic mass is 9.86. The van der Waals surface area contributed by atoms with Gasteiger partial charge in [-0.3, -0.25) is 0 Å². The minimum absolute atomic E-state index is 0.147. The minimum Gasteiger partial charge on any atom is -0.488 e. The molecule has 2 fully saturated rings. The molecule has 2 aliphatic heterocycles. The highest BCUT2D eigenvalue weighted by atomic mass is 19.3. The van der Waals surface area contributed by atoms with E-state index in [1.54, 1.807) is 6.08 Å². The zero-order chi connectivity index (χ0) is 23.6. The topological polar surface area (TPSA) is 98.5 Å². The number of benzene rings is 1. The lowest BCUT2D eigenvalue weighted by Crippen LogP contribution is -2.33. The highest BCUT2D eigenvalue weighted by Crippen LogP contribution is 2.54. The van der Waals surface area contributed by atoms with Gasteiger partial charge in [0, 0.05) is 18.3 Å². The second-order valence-corrected chi connectivity index (χ2v) is 9.25. The number of aliphatic hydroxyl groups is 2. The van der Waals surface area contributed by atoms with Crippen molar-refractivity contribution in [2.75, 3.05) is 0 Å². The van der Waals surface area contributed by atoms with Crippen LogP contribution in [0.4, 0.5) is 8.78 Å². The van der Waals surface area contributed by atoms with Gasteiger partial charge in [0.05, 0.1) is 18.1 Å². The van der Waals surface area contributed by atoms with Crippen molar-refractivity contribution in [3.63, 3.8) is 0 Å². The van der Waals surface area contributed by atoms with E-state index in [-0.39, 0.29) is 24.3 Å². The summed E-state index contributed by atoms with van der Waals surface area (Å²) in [5.74, 6) is -5.61. The van der Waals surface area contributed by atoms with E-state index in [2.05, 4.69) is 21.3 Å². The number of unbranched alkanes of at least 4 members (excludes halogenated alkanes) is 1. The molecule has 0 radical (unpaired) electrons. The van der Waals surface area contributed by atoms with Gasteiger partial charge in [-0.05, 0) is 37.8 Å². The van der Waals surface area contributed by atoms with E-state index < -0.39 is 36.1 Å². The number of aliphatic hydroxyl groups excluding tert-OH is 2. The molecule has 3 aliphatic rings. The summed E-state index contributed by atoms with van der Waals surface area (Å²) in [4.78, 5) is 0. The molecule has 33 heavy (non-hydrogen) atoms. The van der Waals surface area contributed by atoms with Gasteiger partial charge in [-0.1, -0.05) is 54.1 Å². The van der Waals surface area contributed by atoms with E-state index in [1.807, 2.05) is 38.1 Å². The third-order valence-electron chi connectivity index (χ3n) is 6.86. The van der Waals surface area contributed by atoms with Crippen molar-refractivity contribution < 1.29 is 23.7 Å². The highest BCUT2D eigenvalue weighted by molar-refractivity contribution is 5.27. The van der Waals surface area contributed by atoms with E-state index in [4.69, 9.17) is 4.74 Å². The van der Waals surface area contributed by atoms with Gasteiger partial charge < -0.3 is 14.9 Å². The molecule has 0 spiro atoms. The molecule has 1 saturated carbocycles. The third-order valence-corrected chi connectivity index (χ3v) is 6.86. The number of fused-ring (bicyclic) bond motifs is 1. The van der Waals surface area contributed by atoms with Crippen molar-refractivity contribution in [1.29, 1.82) is 0 Å². The number of hydrogen-bond donors (Lipinski definition) is 4. The molecule has 7 atom stereocenters. The monoisotopic (exact) mass is 462 g/mol. The molecule has 1 aromatic rings. The van der Waals surface area contributed by atoms with Crippen LogP contribution in [-0.4, -0.2) is 40.6 Å². The Kier molecular flexibility index (Phi) is 7.11. The fourth-order valence-electron chi connectivity index (χ4n) is 4.93. The number of allylic oxidation sites excluding steroid dienone is 2. The predicted octanol–water partition coefficient (Wildman–Crippen LogP) is 3.90. The molecular weight excluding hydrogens is 430 g/mol. The van der Waals surface area contributed by atoms with Crippen molar-refractivity contribution in [3.8, 4) is 0 Å². The normalized spacial score (nSPS) is 33.3. The average Bonchev–Trinajstić information content (AvgIpc) is 3.46. The van der Waals surface area contributed by atoms with Crippen LogP contribution in [0, 0.1) is 18.8 Å². The Balaban J connectivity index is 1.40. The molecule has 1 saturated heterocycles. The molecule has 1 aromatic carbocycles. The van der Waals surface area contributed by atoms with Gasteiger partial charge in [0.2, 0.25) is 0 Å². The number of rotatable bonds is 8. The predicted molar refractivity (Wildman–Crippen MR) is 119 cm³/mol. The first-order valence-corrected chi connectivity index (χ1v) is 11.5. The van der Waals surface area contributed by atoms with Crippen molar-refractivity contribution >= 4 is 0 Å². The maximum absolute atomic E-state index is 15.3.